The first-order valence-electron chi connectivity index (χ1n) is 10.4. The summed E-state index contributed by atoms with van der Waals surface area (Å²) in [4.78, 5) is 5.09. The van der Waals surface area contributed by atoms with Gasteiger partial charge in [-0.25, -0.2) is 4.99 Å². The molecule has 0 saturated carbocycles. The fourth-order valence-electron chi connectivity index (χ4n) is 3.40. The summed E-state index contributed by atoms with van der Waals surface area (Å²) < 4.78 is 5.30. The minimum atomic E-state index is 0.818. The van der Waals surface area contributed by atoms with Gasteiger partial charge in [0.15, 0.2) is 0 Å². The van der Waals surface area contributed by atoms with E-state index in [0.29, 0.717) is 0 Å². The van der Waals surface area contributed by atoms with Gasteiger partial charge < -0.3 is 4.74 Å². The van der Waals surface area contributed by atoms with Gasteiger partial charge in [-0.15, -0.1) is 0 Å². The smallest absolute Gasteiger partial charge is 0.119 e. The summed E-state index contributed by atoms with van der Waals surface area (Å²) >= 11 is 0. The second-order valence-electron chi connectivity index (χ2n) is 7.36. The van der Waals surface area contributed by atoms with Crippen molar-refractivity contribution in [1.82, 2.24) is 0 Å². The zero-order valence-electron chi connectivity index (χ0n) is 17.8. The van der Waals surface area contributed by atoms with E-state index in [1.807, 2.05) is 48.5 Å². The number of hydrogen-bond donors (Lipinski definition) is 0. The first-order valence-corrected chi connectivity index (χ1v) is 10.4. The molecule has 4 aromatic carbocycles. The van der Waals surface area contributed by atoms with E-state index in [2.05, 4.69) is 73.7 Å². The van der Waals surface area contributed by atoms with Gasteiger partial charge in [-0.05, 0) is 48.4 Å². The van der Waals surface area contributed by atoms with E-state index in [0.717, 1.165) is 39.4 Å². The summed E-state index contributed by atoms with van der Waals surface area (Å²) in [6, 6.07) is 37.2. The van der Waals surface area contributed by atoms with Crippen molar-refractivity contribution in [3.63, 3.8) is 0 Å². The molecule has 0 aliphatic rings. The van der Waals surface area contributed by atoms with Crippen molar-refractivity contribution in [3.8, 4) is 5.75 Å². The highest BCUT2D eigenvalue weighted by molar-refractivity contribution is 6.35. The predicted octanol–water partition coefficient (Wildman–Crippen LogP) is 7.37. The van der Waals surface area contributed by atoms with Gasteiger partial charge in [0.1, 0.15) is 5.75 Å². The third kappa shape index (κ3) is 5.18. The Balaban J connectivity index is 1.91. The number of benzene rings is 4. The second-order valence-corrected chi connectivity index (χ2v) is 7.36. The van der Waals surface area contributed by atoms with Gasteiger partial charge in [-0.1, -0.05) is 90.5 Å². The third-order valence-corrected chi connectivity index (χ3v) is 5.09. The van der Waals surface area contributed by atoms with Crippen LogP contribution in [0, 0.1) is 6.92 Å². The lowest BCUT2D eigenvalue weighted by molar-refractivity contribution is 0.415. The van der Waals surface area contributed by atoms with Crippen LogP contribution in [0.5, 0.6) is 5.75 Å². The molecule has 0 aliphatic carbocycles. The van der Waals surface area contributed by atoms with E-state index in [9.17, 15) is 0 Å². The molecule has 0 aromatic heterocycles. The summed E-state index contributed by atoms with van der Waals surface area (Å²) in [5.74, 6) is 0.818. The largest absolute Gasteiger partial charge is 0.497 e. The SMILES string of the molecule is COc1ccc(N=C(/C(=C/c2ccc(C)cc2)c2ccccc2)c2ccccc2)cc1. The van der Waals surface area contributed by atoms with E-state index < -0.39 is 0 Å². The number of allylic oxidation sites excluding steroid dienone is 1. The zero-order chi connectivity index (χ0) is 21.5. The highest BCUT2D eigenvalue weighted by atomic mass is 16.5. The molecule has 2 heteroatoms. The Morgan fingerprint density at radius 2 is 1.26 bits per heavy atom. The van der Waals surface area contributed by atoms with Crippen LogP contribution in [0.15, 0.2) is 114 Å². The molecule has 152 valence electrons. The lowest BCUT2D eigenvalue weighted by atomic mass is 9.93. The van der Waals surface area contributed by atoms with Crippen LogP contribution < -0.4 is 4.74 Å². The molecule has 0 atom stereocenters. The summed E-state index contributed by atoms with van der Waals surface area (Å²) in [5.41, 5.74) is 7.46. The van der Waals surface area contributed by atoms with Gasteiger partial charge in [0, 0.05) is 11.1 Å². The minimum Gasteiger partial charge on any atom is -0.497 e. The van der Waals surface area contributed by atoms with Gasteiger partial charge in [0.25, 0.3) is 0 Å². The second kappa shape index (κ2) is 9.73. The lowest BCUT2D eigenvalue weighted by Crippen LogP contribution is -2.04. The summed E-state index contributed by atoms with van der Waals surface area (Å²) in [7, 11) is 1.67. The van der Waals surface area contributed by atoms with Crippen LogP contribution in [-0.4, -0.2) is 12.8 Å². The Bertz CT molecular complexity index is 1170. The quantitative estimate of drug-likeness (QED) is 0.243. The van der Waals surface area contributed by atoms with Crippen molar-refractivity contribution in [1.29, 1.82) is 0 Å². The molecule has 0 bridgehead atoms. The normalized spacial score (nSPS) is 11.9. The Labute approximate surface area is 184 Å². The first-order chi connectivity index (χ1) is 15.2. The molecule has 2 nitrogen and oxygen atoms in total. The number of aliphatic imine (C=N–C) groups is 1. The molecule has 0 spiro atoms. The highest BCUT2D eigenvalue weighted by Crippen LogP contribution is 2.27. The van der Waals surface area contributed by atoms with Crippen LogP contribution >= 0.6 is 0 Å². The maximum absolute atomic E-state index is 5.30. The molecular formula is C29H25NO. The first kappa shape index (κ1) is 20.4. The lowest BCUT2D eigenvalue weighted by Gasteiger charge is -2.14. The van der Waals surface area contributed by atoms with Crippen LogP contribution in [0.1, 0.15) is 22.3 Å². The fraction of sp³-hybridized carbons (Fsp3) is 0.0690. The molecule has 0 N–H and O–H groups in total. The van der Waals surface area contributed by atoms with E-state index in [1.165, 1.54) is 5.56 Å². The van der Waals surface area contributed by atoms with E-state index in [1.54, 1.807) is 7.11 Å². The van der Waals surface area contributed by atoms with Crippen molar-refractivity contribution < 1.29 is 4.74 Å². The van der Waals surface area contributed by atoms with Crippen LogP contribution in [0.3, 0.4) is 0 Å². The minimum absolute atomic E-state index is 0.818. The molecule has 0 saturated heterocycles. The van der Waals surface area contributed by atoms with E-state index >= 15 is 0 Å². The van der Waals surface area contributed by atoms with Crippen LogP contribution in [-0.2, 0) is 0 Å². The maximum atomic E-state index is 5.30. The number of rotatable bonds is 6. The van der Waals surface area contributed by atoms with Gasteiger partial charge in [0.2, 0.25) is 0 Å². The van der Waals surface area contributed by atoms with Gasteiger partial charge in [-0.3, -0.25) is 0 Å². The zero-order valence-corrected chi connectivity index (χ0v) is 17.8. The summed E-state index contributed by atoms with van der Waals surface area (Å²) in [5, 5.41) is 0. The van der Waals surface area contributed by atoms with E-state index in [-0.39, 0.29) is 0 Å². The molecule has 0 aliphatic heterocycles. The van der Waals surface area contributed by atoms with Crippen molar-refractivity contribution >= 4 is 23.0 Å². The molecule has 0 heterocycles. The Morgan fingerprint density at radius 1 is 0.677 bits per heavy atom. The van der Waals surface area contributed by atoms with Crippen molar-refractivity contribution in [2.45, 2.75) is 6.92 Å². The topological polar surface area (TPSA) is 21.6 Å². The Morgan fingerprint density at radius 3 is 1.84 bits per heavy atom. The number of nitrogens with zero attached hydrogens (tertiary/aromatic N) is 1. The van der Waals surface area contributed by atoms with Crippen molar-refractivity contribution in [3.05, 3.63) is 131 Å². The average molecular weight is 404 g/mol. The standard InChI is InChI=1S/C29H25NO/c1-22-13-15-23(16-14-22)21-28(24-9-5-3-6-10-24)29(25-11-7-4-8-12-25)30-26-17-19-27(31-2)20-18-26/h3-21H,1-2H3/b28-21+,30-29?. The Hall–Kier alpha value is -3.91. The third-order valence-electron chi connectivity index (χ3n) is 5.09. The van der Waals surface area contributed by atoms with Gasteiger partial charge in [-0.2, -0.15) is 0 Å². The molecule has 4 aromatic rings. The highest BCUT2D eigenvalue weighted by Gasteiger charge is 2.13. The average Bonchev–Trinajstić information content (AvgIpc) is 2.84. The summed E-state index contributed by atoms with van der Waals surface area (Å²) in [6.07, 6.45) is 2.21. The maximum Gasteiger partial charge on any atom is 0.119 e. The number of hydrogen-bond acceptors (Lipinski definition) is 2. The molecule has 0 amide bonds. The van der Waals surface area contributed by atoms with Crippen molar-refractivity contribution in [2.24, 2.45) is 4.99 Å². The van der Waals surface area contributed by atoms with Gasteiger partial charge in [0.05, 0.1) is 18.5 Å². The van der Waals surface area contributed by atoms with Crippen molar-refractivity contribution in [2.75, 3.05) is 7.11 Å². The van der Waals surface area contributed by atoms with E-state index in [4.69, 9.17) is 9.73 Å². The predicted molar refractivity (Wildman–Crippen MR) is 131 cm³/mol. The molecule has 0 radical (unpaired) electrons. The van der Waals surface area contributed by atoms with Crippen LogP contribution in [0.2, 0.25) is 0 Å². The molecule has 31 heavy (non-hydrogen) atoms. The molecular weight excluding hydrogens is 378 g/mol. The molecule has 4 rings (SSSR count). The van der Waals surface area contributed by atoms with Gasteiger partial charge >= 0.3 is 0 Å². The number of aryl methyl sites for hydroxylation is 1. The Kier molecular flexibility index (Phi) is 6.39. The molecule has 0 fully saturated rings. The number of ether oxygens (including phenoxy) is 1. The van der Waals surface area contributed by atoms with Crippen LogP contribution in [0.25, 0.3) is 11.6 Å². The number of methoxy groups -OCH3 is 1. The molecule has 0 unspecified atom stereocenters. The monoisotopic (exact) mass is 403 g/mol. The van der Waals surface area contributed by atoms with Crippen LogP contribution in [0.4, 0.5) is 5.69 Å². The summed E-state index contributed by atoms with van der Waals surface area (Å²) in [6.45, 7) is 2.10. The fourth-order valence-corrected chi connectivity index (χ4v) is 3.40.